The number of carbonyl (C=O) groups excluding carboxylic acids is 1. The summed E-state index contributed by atoms with van der Waals surface area (Å²) < 4.78 is 0. The third kappa shape index (κ3) is 1.91. The number of amides is 1. The average Bonchev–Trinajstić information content (AvgIpc) is 2.29. The van der Waals surface area contributed by atoms with Gasteiger partial charge in [-0.2, -0.15) is 0 Å². The van der Waals surface area contributed by atoms with Crippen molar-refractivity contribution in [3.8, 4) is 11.1 Å². The average molecular weight is 213 g/mol. The van der Waals surface area contributed by atoms with E-state index < -0.39 is 5.91 Å². The van der Waals surface area contributed by atoms with Crippen LogP contribution < -0.4 is 5.73 Å². The molecule has 2 rings (SSSR count). The zero-order valence-corrected chi connectivity index (χ0v) is 8.84. The van der Waals surface area contributed by atoms with E-state index in [2.05, 4.69) is 9.97 Å². The van der Waals surface area contributed by atoms with Crippen LogP contribution in [0.5, 0.6) is 0 Å². The first-order chi connectivity index (χ1) is 7.68. The molecule has 0 spiro atoms. The number of nitrogens with two attached hydrogens (primary N) is 1. The molecule has 4 nitrogen and oxygen atoms in total. The molecule has 16 heavy (non-hydrogen) atoms. The lowest BCUT2D eigenvalue weighted by atomic mass is 10.0. The summed E-state index contributed by atoms with van der Waals surface area (Å²) in [6.07, 6.45) is 4.86. The molecular weight excluding hydrogens is 202 g/mol. The van der Waals surface area contributed by atoms with Gasteiger partial charge in [0, 0.05) is 24.3 Å². The Morgan fingerprint density at radius 2 is 2.00 bits per heavy atom. The van der Waals surface area contributed by atoms with Crippen LogP contribution in [0, 0.1) is 6.92 Å². The van der Waals surface area contributed by atoms with E-state index in [1.54, 1.807) is 12.4 Å². The molecule has 0 saturated carbocycles. The summed E-state index contributed by atoms with van der Waals surface area (Å²) >= 11 is 0. The molecule has 0 unspecified atom stereocenters. The smallest absolute Gasteiger partial charge is 0.250 e. The Hall–Kier alpha value is -2.23. The molecule has 0 fully saturated rings. The van der Waals surface area contributed by atoms with Gasteiger partial charge in [-0.1, -0.05) is 0 Å². The second-order valence-corrected chi connectivity index (χ2v) is 3.47. The number of primary amides is 1. The van der Waals surface area contributed by atoms with Crippen molar-refractivity contribution < 1.29 is 4.79 Å². The second kappa shape index (κ2) is 4.10. The lowest BCUT2D eigenvalue weighted by molar-refractivity contribution is 0.100. The minimum Gasteiger partial charge on any atom is -0.366 e. The number of nitrogens with zero attached hydrogens (tertiary/aromatic N) is 2. The van der Waals surface area contributed by atoms with Gasteiger partial charge in [0.25, 0.3) is 5.91 Å². The fraction of sp³-hybridized carbons (Fsp3) is 0.0833. The number of aryl methyl sites for hydroxylation is 1. The molecule has 0 aliphatic carbocycles. The Balaban J connectivity index is 2.63. The van der Waals surface area contributed by atoms with Gasteiger partial charge in [0.2, 0.25) is 0 Å². The highest BCUT2D eigenvalue weighted by molar-refractivity contribution is 5.99. The molecular formula is C12H11N3O. The first-order valence-electron chi connectivity index (χ1n) is 4.85. The summed E-state index contributed by atoms with van der Waals surface area (Å²) in [4.78, 5) is 19.3. The van der Waals surface area contributed by atoms with Gasteiger partial charge in [0.05, 0.1) is 5.56 Å². The maximum absolute atomic E-state index is 11.3. The maximum atomic E-state index is 11.3. The summed E-state index contributed by atoms with van der Waals surface area (Å²) in [5, 5.41) is 0. The van der Waals surface area contributed by atoms with E-state index >= 15 is 0 Å². The Kier molecular flexibility index (Phi) is 2.64. The predicted octanol–water partition coefficient (Wildman–Crippen LogP) is 1.55. The highest BCUT2D eigenvalue weighted by Crippen LogP contribution is 2.22. The summed E-state index contributed by atoms with van der Waals surface area (Å²) in [7, 11) is 0. The molecule has 1 amide bonds. The number of pyridine rings is 2. The normalized spacial score (nSPS) is 10.1. The van der Waals surface area contributed by atoms with Crippen molar-refractivity contribution in [2.75, 3.05) is 0 Å². The van der Waals surface area contributed by atoms with E-state index in [4.69, 9.17) is 5.73 Å². The van der Waals surface area contributed by atoms with Gasteiger partial charge >= 0.3 is 0 Å². The van der Waals surface area contributed by atoms with Gasteiger partial charge in [0.15, 0.2) is 0 Å². The van der Waals surface area contributed by atoms with Crippen LogP contribution in [0.25, 0.3) is 11.1 Å². The number of carbonyl (C=O) groups is 1. The van der Waals surface area contributed by atoms with E-state index in [1.807, 2.05) is 25.1 Å². The molecule has 2 heterocycles. The van der Waals surface area contributed by atoms with Crippen LogP contribution >= 0.6 is 0 Å². The molecule has 2 N–H and O–H groups in total. The van der Waals surface area contributed by atoms with E-state index in [-0.39, 0.29) is 0 Å². The zero-order chi connectivity index (χ0) is 11.5. The third-order valence-corrected chi connectivity index (χ3v) is 2.30. The molecule has 0 radical (unpaired) electrons. The molecule has 0 aliphatic heterocycles. The molecule has 0 bridgehead atoms. The molecule has 0 aromatic carbocycles. The summed E-state index contributed by atoms with van der Waals surface area (Å²) in [5.41, 5.74) is 8.28. The second-order valence-electron chi connectivity index (χ2n) is 3.47. The minimum absolute atomic E-state index is 0.428. The fourth-order valence-electron chi connectivity index (χ4n) is 1.53. The Morgan fingerprint density at radius 1 is 1.31 bits per heavy atom. The Bertz CT molecular complexity index is 523. The molecule has 0 aliphatic rings. The van der Waals surface area contributed by atoms with Gasteiger partial charge in [-0.25, -0.2) is 0 Å². The van der Waals surface area contributed by atoms with E-state index in [1.165, 1.54) is 6.20 Å². The van der Waals surface area contributed by atoms with Crippen LogP contribution in [0.1, 0.15) is 16.1 Å². The molecule has 0 saturated heterocycles. The predicted molar refractivity (Wildman–Crippen MR) is 60.7 cm³/mol. The van der Waals surface area contributed by atoms with E-state index in [0.29, 0.717) is 5.56 Å². The van der Waals surface area contributed by atoms with Crippen LogP contribution in [-0.4, -0.2) is 15.9 Å². The van der Waals surface area contributed by atoms with Gasteiger partial charge in [-0.15, -0.1) is 0 Å². The van der Waals surface area contributed by atoms with Gasteiger partial charge in [-0.05, 0) is 36.2 Å². The van der Waals surface area contributed by atoms with Crippen molar-refractivity contribution in [3.63, 3.8) is 0 Å². The van der Waals surface area contributed by atoms with Crippen molar-refractivity contribution in [2.45, 2.75) is 6.92 Å². The molecule has 80 valence electrons. The Labute approximate surface area is 93.2 Å². The number of rotatable bonds is 2. The van der Waals surface area contributed by atoms with Crippen LogP contribution in [0.15, 0.2) is 36.8 Å². The van der Waals surface area contributed by atoms with Gasteiger partial charge in [0.1, 0.15) is 0 Å². The van der Waals surface area contributed by atoms with Crippen molar-refractivity contribution in [2.24, 2.45) is 5.73 Å². The number of aromatic nitrogens is 2. The lowest BCUT2D eigenvalue weighted by Gasteiger charge is -2.06. The minimum atomic E-state index is -0.473. The first-order valence-corrected chi connectivity index (χ1v) is 4.85. The van der Waals surface area contributed by atoms with Crippen LogP contribution in [0.4, 0.5) is 0 Å². The summed E-state index contributed by atoms with van der Waals surface area (Å²) in [6, 6.07) is 5.51. The van der Waals surface area contributed by atoms with Crippen LogP contribution in [-0.2, 0) is 0 Å². The molecule has 0 atom stereocenters. The quantitative estimate of drug-likeness (QED) is 0.822. The van der Waals surface area contributed by atoms with Crippen molar-refractivity contribution in [1.29, 1.82) is 0 Å². The van der Waals surface area contributed by atoms with E-state index in [9.17, 15) is 4.79 Å². The molecule has 2 aromatic heterocycles. The Morgan fingerprint density at radius 3 is 2.62 bits per heavy atom. The van der Waals surface area contributed by atoms with Crippen LogP contribution in [0.2, 0.25) is 0 Å². The first kappa shape index (κ1) is 10.3. The van der Waals surface area contributed by atoms with Crippen molar-refractivity contribution in [3.05, 3.63) is 48.0 Å². The largest absolute Gasteiger partial charge is 0.366 e. The summed E-state index contributed by atoms with van der Waals surface area (Å²) in [5.74, 6) is -0.473. The highest BCUT2D eigenvalue weighted by atomic mass is 16.1. The van der Waals surface area contributed by atoms with Gasteiger partial charge in [-0.3, -0.25) is 14.8 Å². The SMILES string of the molecule is Cc1cc(-c2ccncc2)c(C(N)=O)cn1. The lowest BCUT2D eigenvalue weighted by Crippen LogP contribution is -2.13. The van der Waals surface area contributed by atoms with E-state index in [0.717, 1.165) is 16.8 Å². The highest BCUT2D eigenvalue weighted by Gasteiger charge is 2.10. The molecule has 2 aromatic rings. The number of hydrogen-bond donors (Lipinski definition) is 1. The monoisotopic (exact) mass is 213 g/mol. The van der Waals surface area contributed by atoms with Crippen molar-refractivity contribution >= 4 is 5.91 Å². The third-order valence-electron chi connectivity index (χ3n) is 2.30. The fourth-order valence-corrected chi connectivity index (χ4v) is 1.53. The number of hydrogen-bond acceptors (Lipinski definition) is 3. The molecule has 4 heteroatoms. The zero-order valence-electron chi connectivity index (χ0n) is 8.84. The maximum Gasteiger partial charge on any atom is 0.250 e. The van der Waals surface area contributed by atoms with Gasteiger partial charge < -0.3 is 5.73 Å². The van der Waals surface area contributed by atoms with Crippen molar-refractivity contribution in [1.82, 2.24) is 9.97 Å². The summed E-state index contributed by atoms with van der Waals surface area (Å²) in [6.45, 7) is 1.87. The van der Waals surface area contributed by atoms with Crippen LogP contribution in [0.3, 0.4) is 0 Å². The standard InChI is InChI=1S/C12H11N3O/c1-8-6-10(9-2-4-14-5-3-9)11(7-15-8)12(13)16/h2-7H,1H3,(H2,13,16). The topological polar surface area (TPSA) is 68.9 Å².